The van der Waals surface area contributed by atoms with Gasteiger partial charge in [-0.1, -0.05) is 0 Å². The Morgan fingerprint density at radius 1 is 1.38 bits per heavy atom. The zero-order valence-electron chi connectivity index (χ0n) is 8.13. The van der Waals surface area contributed by atoms with Crippen molar-refractivity contribution in [1.82, 2.24) is 9.55 Å². The lowest BCUT2D eigenvalue weighted by atomic mass is 10.2. The van der Waals surface area contributed by atoms with Gasteiger partial charge in [0, 0.05) is 25.7 Å². The Morgan fingerprint density at radius 2 is 2.15 bits per heavy atom. The number of nitrogens with one attached hydrogen (secondary N) is 1. The van der Waals surface area contributed by atoms with E-state index in [1.807, 2.05) is 24.7 Å². The van der Waals surface area contributed by atoms with E-state index in [0.29, 0.717) is 0 Å². The summed E-state index contributed by atoms with van der Waals surface area (Å²) in [4.78, 5) is 4.47. The van der Waals surface area contributed by atoms with Crippen LogP contribution in [-0.2, 0) is 7.05 Å². The summed E-state index contributed by atoms with van der Waals surface area (Å²) in [6, 6.07) is 4.10. The molecule has 0 saturated heterocycles. The molecule has 0 aromatic carbocycles. The average molecular weight is 175 g/mol. The number of hydrogen-bond acceptors (Lipinski definition) is 2. The molecular formula is C10H13N3. The largest absolute Gasteiger partial charge is 0.373 e. The van der Waals surface area contributed by atoms with Gasteiger partial charge in [-0.25, -0.2) is 4.98 Å². The summed E-state index contributed by atoms with van der Waals surface area (Å²) in [6.45, 7) is 2.10. The van der Waals surface area contributed by atoms with Crippen LogP contribution in [0.15, 0.2) is 18.3 Å². The molecule has 2 aromatic heterocycles. The Balaban J connectivity index is 2.76. The first kappa shape index (κ1) is 8.10. The van der Waals surface area contributed by atoms with Gasteiger partial charge in [-0.3, -0.25) is 0 Å². The Morgan fingerprint density at radius 3 is 2.85 bits per heavy atom. The highest BCUT2D eigenvalue weighted by Gasteiger charge is 2.03. The molecule has 0 aliphatic rings. The van der Waals surface area contributed by atoms with Gasteiger partial charge in [0.15, 0.2) is 0 Å². The van der Waals surface area contributed by atoms with Crippen LogP contribution < -0.4 is 5.32 Å². The van der Waals surface area contributed by atoms with Gasteiger partial charge in [0.25, 0.3) is 0 Å². The highest BCUT2D eigenvalue weighted by atomic mass is 15.0. The van der Waals surface area contributed by atoms with E-state index in [1.54, 1.807) is 0 Å². The highest BCUT2D eigenvalue weighted by molar-refractivity contribution is 5.81. The fourth-order valence-electron chi connectivity index (χ4n) is 1.59. The van der Waals surface area contributed by atoms with Gasteiger partial charge in [0.2, 0.25) is 0 Å². The van der Waals surface area contributed by atoms with E-state index < -0.39 is 0 Å². The number of nitrogens with zero attached hydrogens (tertiary/aromatic N) is 2. The predicted octanol–water partition coefficient (Wildman–Crippen LogP) is 1.92. The lowest BCUT2D eigenvalue weighted by Crippen LogP contribution is -1.94. The van der Waals surface area contributed by atoms with Crippen molar-refractivity contribution >= 4 is 16.9 Å². The topological polar surface area (TPSA) is 29.9 Å². The first-order valence-corrected chi connectivity index (χ1v) is 4.33. The van der Waals surface area contributed by atoms with Crippen LogP contribution in [0.3, 0.4) is 0 Å². The Hall–Kier alpha value is -1.51. The van der Waals surface area contributed by atoms with Gasteiger partial charge in [-0.2, -0.15) is 0 Å². The second kappa shape index (κ2) is 2.76. The van der Waals surface area contributed by atoms with Crippen molar-refractivity contribution in [3.63, 3.8) is 0 Å². The molecule has 0 fully saturated rings. The van der Waals surface area contributed by atoms with Crippen LogP contribution in [0.2, 0.25) is 0 Å². The third-order valence-electron chi connectivity index (χ3n) is 2.28. The third kappa shape index (κ3) is 1.16. The zero-order valence-corrected chi connectivity index (χ0v) is 8.13. The summed E-state index contributed by atoms with van der Waals surface area (Å²) in [5.41, 5.74) is 2.30. The Labute approximate surface area is 77.4 Å². The lowest BCUT2D eigenvalue weighted by molar-refractivity contribution is 0.945. The number of aromatic nitrogens is 2. The number of rotatable bonds is 1. The maximum absolute atomic E-state index is 4.47. The summed E-state index contributed by atoms with van der Waals surface area (Å²) in [6.07, 6.45) is 2.09. The minimum atomic E-state index is 0.911. The van der Waals surface area contributed by atoms with Crippen LogP contribution in [0.1, 0.15) is 5.56 Å². The molecule has 0 radical (unpaired) electrons. The van der Waals surface area contributed by atoms with Crippen LogP contribution in [0.4, 0.5) is 5.82 Å². The first-order chi connectivity index (χ1) is 6.22. The summed E-state index contributed by atoms with van der Waals surface area (Å²) >= 11 is 0. The van der Waals surface area contributed by atoms with Crippen LogP contribution in [0.5, 0.6) is 0 Å². The molecular weight excluding hydrogens is 162 g/mol. The predicted molar refractivity (Wildman–Crippen MR) is 55.0 cm³/mol. The van der Waals surface area contributed by atoms with Crippen molar-refractivity contribution < 1.29 is 0 Å². The Bertz CT molecular complexity index is 443. The molecule has 0 unspecified atom stereocenters. The maximum atomic E-state index is 4.47. The zero-order chi connectivity index (χ0) is 9.42. The summed E-state index contributed by atoms with van der Waals surface area (Å²) < 4.78 is 2.05. The minimum Gasteiger partial charge on any atom is -0.373 e. The molecule has 0 amide bonds. The molecule has 0 aliphatic carbocycles. The molecule has 2 aromatic rings. The van der Waals surface area contributed by atoms with E-state index >= 15 is 0 Å². The standard InChI is InChI=1S/C10H13N3/c1-7-6-13(3)10-8(7)4-5-9(11-2)12-10/h4-6H,1-3H3,(H,11,12). The van der Waals surface area contributed by atoms with Crippen molar-refractivity contribution in [3.05, 3.63) is 23.9 Å². The molecule has 2 rings (SSSR count). The molecule has 0 bridgehead atoms. The van der Waals surface area contributed by atoms with Gasteiger partial charge < -0.3 is 9.88 Å². The van der Waals surface area contributed by atoms with E-state index in [2.05, 4.69) is 29.5 Å². The third-order valence-corrected chi connectivity index (χ3v) is 2.28. The van der Waals surface area contributed by atoms with Crippen LogP contribution >= 0.6 is 0 Å². The van der Waals surface area contributed by atoms with Crippen molar-refractivity contribution in [2.45, 2.75) is 6.92 Å². The van der Waals surface area contributed by atoms with Crippen molar-refractivity contribution in [2.75, 3.05) is 12.4 Å². The molecule has 1 N–H and O–H groups in total. The van der Waals surface area contributed by atoms with E-state index in [9.17, 15) is 0 Å². The quantitative estimate of drug-likeness (QED) is 0.717. The number of hydrogen-bond donors (Lipinski definition) is 1. The summed E-state index contributed by atoms with van der Waals surface area (Å²) in [5, 5.41) is 4.25. The SMILES string of the molecule is CNc1ccc2c(C)cn(C)c2n1. The molecule has 2 heterocycles. The summed E-state index contributed by atoms with van der Waals surface area (Å²) in [7, 11) is 3.89. The van der Waals surface area contributed by atoms with Gasteiger partial charge in [-0.15, -0.1) is 0 Å². The Kier molecular flexibility index (Phi) is 1.72. The number of aryl methyl sites for hydroxylation is 2. The first-order valence-electron chi connectivity index (χ1n) is 4.33. The average Bonchev–Trinajstić information content (AvgIpc) is 2.42. The fourth-order valence-corrected chi connectivity index (χ4v) is 1.59. The van der Waals surface area contributed by atoms with E-state index in [-0.39, 0.29) is 0 Å². The normalized spacial score (nSPS) is 10.7. The number of anilines is 1. The molecule has 3 nitrogen and oxygen atoms in total. The van der Waals surface area contributed by atoms with Gasteiger partial charge in [0.1, 0.15) is 11.5 Å². The van der Waals surface area contributed by atoms with E-state index in [1.165, 1.54) is 10.9 Å². The number of fused-ring (bicyclic) bond motifs is 1. The number of pyridine rings is 1. The minimum absolute atomic E-state index is 0.911. The molecule has 0 spiro atoms. The fraction of sp³-hybridized carbons (Fsp3) is 0.300. The smallest absolute Gasteiger partial charge is 0.142 e. The lowest BCUT2D eigenvalue weighted by Gasteiger charge is -2.00. The van der Waals surface area contributed by atoms with Crippen LogP contribution in [0.25, 0.3) is 11.0 Å². The molecule has 13 heavy (non-hydrogen) atoms. The van der Waals surface area contributed by atoms with Gasteiger partial charge in [-0.05, 0) is 24.6 Å². The molecule has 3 heteroatoms. The van der Waals surface area contributed by atoms with Crippen molar-refractivity contribution in [2.24, 2.45) is 7.05 Å². The monoisotopic (exact) mass is 175 g/mol. The highest BCUT2D eigenvalue weighted by Crippen LogP contribution is 2.19. The van der Waals surface area contributed by atoms with Crippen LogP contribution in [0, 0.1) is 6.92 Å². The van der Waals surface area contributed by atoms with Crippen molar-refractivity contribution in [1.29, 1.82) is 0 Å². The molecule has 0 saturated carbocycles. The summed E-state index contributed by atoms with van der Waals surface area (Å²) in [5.74, 6) is 0.911. The van der Waals surface area contributed by atoms with E-state index in [4.69, 9.17) is 0 Å². The van der Waals surface area contributed by atoms with Crippen molar-refractivity contribution in [3.8, 4) is 0 Å². The van der Waals surface area contributed by atoms with Gasteiger partial charge >= 0.3 is 0 Å². The second-order valence-corrected chi connectivity index (χ2v) is 3.24. The van der Waals surface area contributed by atoms with Crippen LogP contribution in [-0.4, -0.2) is 16.6 Å². The molecule has 0 atom stereocenters. The van der Waals surface area contributed by atoms with Gasteiger partial charge in [0.05, 0.1) is 0 Å². The molecule has 68 valence electrons. The molecule has 0 aliphatic heterocycles. The maximum Gasteiger partial charge on any atom is 0.142 e. The second-order valence-electron chi connectivity index (χ2n) is 3.24. The van der Waals surface area contributed by atoms with E-state index in [0.717, 1.165) is 11.5 Å².